The van der Waals surface area contributed by atoms with E-state index in [1.165, 1.54) is 0 Å². The number of imidazole rings is 1. The lowest BCUT2D eigenvalue weighted by molar-refractivity contribution is 0.188. The molecule has 0 atom stereocenters. The van der Waals surface area contributed by atoms with Crippen LogP contribution in [0.5, 0.6) is 0 Å². The van der Waals surface area contributed by atoms with Crippen LogP contribution >= 0.6 is 11.6 Å². The third kappa shape index (κ3) is 3.00. The normalized spacial score (nSPS) is 17.6. The van der Waals surface area contributed by atoms with Crippen molar-refractivity contribution in [1.29, 1.82) is 0 Å². The Morgan fingerprint density at radius 1 is 1.38 bits per heavy atom. The number of aromatic nitrogens is 2. The minimum absolute atomic E-state index is 0.0269. The van der Waals surface area contributed by atoms with Crippen molar-refractivity contribution >= 4 is 22.6 Å². The molecule has 0 bridgehead atoms. The highest BCUT2D eigenvalue weighted by atomic mass is 35.5. The SMILES string of the molecule is CNCCN1CCC(n2c(=O)[nH]c3cc(Cl)ccc32)CC1. The standard InChI is InChI=1S/C15H21ClN4O/c1-17-6-9-19-7-4-12(5-8-19)20-14-3-2-11(16)10-13(14)18-15(20)21/h2-3,10,12,17H,4-9H2,1H3,(H,18,21). The molecule has 6 heteroatoms. The summed E-state index contributed by atoms with van der Waals surface area (Å²) in [7, 11) is 1.98. The van der Waals surface area contributed by atoms with Crippen LogP contribution in [0.4, 0.5) is 0 Å². The summed E-state index contributed by atoms with van der Waals surface area (Å²) < 4.78 is 1.90. The number of nitrogens with zero attached hydrogens (tertiary/aromatic N) is 2. The van der Waals surface area contributed by atoms with Crippen molar-refractivity contribution in [2.75, 3.05) is 33.2 Å². The van der Waals surface area contributed by atoms with Gasteiger partial charge in [0.15, 0.2) is 0 Å². The smallest absolute Gasteiger partial charge is 0.318 e. The second-order valence-corrected chi connectivity index (χ2v) is 6.07. The number of piperidine rings is 1. The van der Waals surface area contributed by atoms with E-state index in [2.05, 4.69) is 15.2 Å². The van der Waals surface area contributed by atoms with Crippen molar-refractivity contribution < 1.29 is 0 Å². The van der Waals surface area contributed by atoms with Gasteiger partial charge in [-0.2, -0.15) is 0 Å². The van der Waals surface area contributed by atoms with E-state index in [9.17, 15) is 4.79 Å². The van der Waals surface area contributed by atoms with Crippen LogP contribution in [-0.2, 0) is 0 Å². The fraction of sp³-hybridized carbons (Fsp3) is 0.533. The quantitative estimate of drug-likeness (QED) is 0.906. The number of benzene rings is 1. The molecule has 1 aliphatic rings. The molecule has 1 aliphatic heterocycles. The van der Waals surface area contributed by atoms with Gasteiger partial charge < -0.3 is 15.2 Å². The Morgan fingerprint density at radius 2 is 2.14 bits per heavy atom. The van der Waals surface area contributed by atoms with Crippen molar-refractivity contribution in [2.24, 2.45) is 0 Å². The summed E-state index contributed by atoms with van der Waals surface area (Å²) in [5.74, 6) is 0. The number of hydrogen-bond acceptors (Lipinski definition) is 3. The second kappa shape index (κ2) is 6.22. The lowest BCUT2D eigenvalue weighted by atomic mass is 10.0. The van der Waals surface area contributed by atoms with Crippen LogP contribution in [0.2, 0.25) is 5.02 Å². The monoisotopic (exact) mass is 308 g/mol. The number of halogens is 1. The predicted octanol–water partition coefficient (Wildman–Crippen LogP) is 1.84. The van der Waals surface area contributed by atoms with E-state index in [1.807, 2.05) is 29.8 Å². The molecule has 0 amide bonds. The Labute approximate surface area is 128 Å². The minimum Gasteiger partial charge on any atom is -0.318 e. The number of aromatic amines is 1. The molecular formula is C15H21ClN4O. The molecule has 114 valence electrons. The Morgan fingerprint density at radius 3 is 2.86 bits per heavy atom. The number of fused-ring (bicyclic) bond motifs is 1. The van der Waals surface area contributed by atoms with Crippen LogP contribution in [0.1, 0.15) is 18.9 Å². The molecule has 5 nitrogen and oxygen atoms in total. The minimum atomic E-state index is -0.0269. The summed E-state index contributed by atoms with van der Waals surface area (Å²) in [6.07, 6.45) is 2.03. The molecular weight excluding hydrogens is 288 g/mol. The number of hydrogen-bond donors (Lipinski definition) is 2. The highest BCUT2D eigenvalue weighted by Crippen LogP contribution is 2.25. The van der Waals surface area contributed by atoms with E-state index in [0.29, 0.717) is 5.02 Å². The van der Waals surface area contributed by atoms with Crippen LogP contribution in [0.25, 0.3) is 11.0 Å². The van der Waals surface area contributed by atoms with E-state index in [0.717, 1.165) is 50.1 Å². The van der Waals surface area contributed by atoms with Gasteiger partial charge in [0.25, 0.3) is 0 Å². The molecule has 3 rings (SSSR count). The number of likely N-dealkylation sites (tertiary alicyclic amines) is 1. The molecule has 1 aromatic carbocycles. The molecule has 2 aromatic rings. The molecule has 0 unspecified atom stereocenters. The molecule has 1 fully saturated rings. The maximum Gasteiger partial charge on any atom is 0.326 e. The van der Waals surface area contributed by atoms with E-state index in [1.54, 1.807) is 0 Å². The molecule has 2 heterocycles. The maximum atomic E-state index is 12.2. The van der Waals surface area contributed by atoms with Gasteiger partial charge in [0, 0.05) is 37.2 Å². The Kier molecular flexibility index (Phi) is 4.33. The molecule has 0 saturated carbocycles. The number of likely N-dealkylation sites (N-methyl/N-ethyl adjacent to an activating group) is 1. The zero-order valence-corrected chi connectivity index (χ0v) is 13.0. The zero-order chi connectivity index (χ0) is 14.8. The number of rotatable bonds is 4. The van der Waals surface area contributed by atoms with E-state index in [4.69, 9.17) is 11.6 Å². The van der Waals surface area contributed by atoms with Gasteiger partial charge in [0.1, 0.15) is 0 Å². The van der Waals surface area contributed by atoms with Gasteiger partial charge in [0.05, 0.1) is 11.0 Å². The topological polar surface area (TPSA) is 53.1 Å². The Hall–Kier alpha value is -1.30. The van der Waals surface area contributed by atoms with E-state index < -0.39 is 0 Å². The summed E-state index contributed by atoms with van der Waals surface area (Å²) in [4.78, 5) is 17.6. The second-order valence-electron chi connectivity index (χ2n) is 5.64. The molecule has 1 aromatic heterocycles. The van der Waals surface area contributed by atoms with Crippen molar-refractivity contribution in [2.45, 2.75) is 18.9 Å². The van der Waals surface area contributed by atoms with Crippen molar-refractivity contribution in [3.05, 3.63) is 33.7 Å². The lowest BCUT2D eigenvalue weighted by Gasteiger charge is -2.32. The zero-order valence-electron chi connectivity index (χ0n) is 12.2. The fourth-order valence-electron chi connectivity index (χ4n) is 3.14. The lowest BCUT2D eigenvalue weighted by Crippen LogP contribution is -2.39. The van der Waals surface area contributed by atoms with Gasteiger partial charge in [-0.3, -0.25) is 4.57 Å². The number of H-pyrrole nitrogens is 1. The predicted molar refractivity (Wildman–Crippen MR) is 86.2 cm³/mol. The highest BCUT2D eigenvalue weighted by Gasteiger charge is 2.23. The fourth-order valence-corrected chi connectivity index (χ4v) is 3.31. The van der Waals surface area contributed by atoms with Crippen molar-refractivity contribution in [3.8, 4) is 0 Å². The van der Waals surface area contributed by atoms with Crippen molar-refractivity contribution in [1.82, 2.24) is 19.8 Å². The van der Waals surface area contributed by atoms with Gasteiger partial charge in [-0.25, -0.2) is 4.79 Å². The first-order chi connectivity index (χ1) is 10.2. The first kappa shape index (κ1) is 14.6. The van der Waals surface area contributed by atoms with Gasteiger partial charge >= 0.3 is 5.69 Å². The molecule has 0 aliphatic carbocycles. The summed E-state index contributed by atoms with van der Waals surface area (Å²) in [6, 6.07) is 5.87. The van der Waals surface area contributed by atoms with Crippen LogP contribution in [-0.4, -0.2) is 47.7 Å². The number of nitrogens with one attached hydrogen (secondary N) is 2. The van der Waals surface area contributed by atoms with Crippen LogP contribution < -0.4 is 11.0 Å². The van der Waals surface area contributed by atoms with Gasteiger partial charge in [-0.05, 0) is 38.1 Å². The third-order valence-electron chi connectivity index (χ3n) is 4.28. The van der Waals surface area contributed by atoms with Crippen LogP contribution in [0, 0.1) is 0 Å². The van der Waals surface area contributed by atoms with Crippen LogP contribution in [0.15, 0.2) is 23.0 Å². The maximum absolute atomic E-state index is 12.2. The van der Waals surface area contributed by atoms with Gasteiger partial charge in [-0.15, -0.1) is 0 Å². The van der Waals surface area contributed by atoms with E-state index >= 15 is 0 Å². The van der Waals surface area contributed by atoms with E-state index in [-0.39, 0.29) is 11.7 Å². The van der Waals surface area contributed by atoms with Crippen molar-refractivity contribution in [3.63, 3.8) is 0 Å². The molecule has 21 heavy (non-hydrogen) atoms. The largest absolute Gasteiger partial charge is 0.326 e. The summed E-state index contributed by atoms with van der Waals surface area (Å²) in [6.45, 7) is 4.16. The summed E-state index contributed by atoms with van der Waals surface area (Å²) in [5, 5.41) is 3.83. The first-order valence-electron chi connectivity index (χ1n) is 7.46. The Bertz CT molecular complexity index is 670. The first-order valence-corrected chi connectivity index (χ1v) is 7.83. The third-order valence-corrected chi connectivity index (χ3v) is 4.51. The summed E-state index contributed by atoms with van der Waals surface area (Å²) >= 11 is 5.99. The molecule has 0 radical (unpaired) electrons. The average Bonchev–Trinajstić information content (AvgIpc) is 2.80. The molecule has 0 spiro atoms. The van der Waals surface area contributed by atoms with Gasteiger partial charge in [-0.1, -0.05) is 11.6 Å². The van der Waals surface area contributed by atoms with Crippen LogP contribution in [0.3, 0.4) is 0 Å². The highest BCUT2D eigenvalue weighted by molar-refractivity contribution is 6.31. The van der Waals surface area contributed by atoms with Gasteiger partial charge in [0.2, 0.25) is 0 Å². The summed E-state index contributed by atoms with van der Waals surface area (Å²) in [5.41, 5.74) is 1.75. The Balaban J connectivity index is 1.79. The molecule has 2 N–H and O–H groups in total. The average molecular weight is 309 g/mol. The molecule has 1 saturated heterocycles.